The molecule has 0 radical (unpaired) electrons. The van der Waals surface area contributed by atoms with Crippen LogP contribution in [0, 0.1) is 13.8 Å². The van der Waals surface area contributed by atoms with Crippen molar-refractivity contribution < 1.29 is 4.79 Å². The zero-order valence-electron chi connectivity index (χ0n) is 16.1. The molecule has 6 heteroatoms. The van der Waals surface area contributed by atoms with Gasteiger partial charge in [-0.3, -0.25) is 9.36 Å². The molecule has 0 aliphatic heterocycles. The van der Waals surface area contributed by atoms with Gasteiger partial charge in [0.25, 0.3) is 0 Å². The van der Waals surface area contributed by atoms with Crippen LogP contribution in [-0.4, -0.2) is 37.9 Å². The molecule has 27 heavy (non-hydrogen) atoms. The van der Waals surface area contributed by atoms with Gasteiger partial charge in [-0.05, 0) is 38.0 Å². The van der Waals surface area contributed by atoms with Crippen LogP contribution in [0.2, 0.25) is 0 Å². The topological polar surface area (TPSA) is 51.0 Å². The summed E-state index contributed by atoms with van der Waals surface area (Å²) < 4.78 is 1.94. The molecule has 140 valence electrons. The Morgan fingerprint density at radius 3 is 2.63 bits per heavy atom. The Bertz CT molecular complexity index is 923. The van der Waals surface area contributed by atoms with Crippen LogP contribution in [0.3, 0.4) is 0 Å². The van der Waals surface area contributed by atoms with Crippen molar-refractivity contribution in [3.8, 4) is 5.69 Å². The molecule has 0 N–H and O–H groups in total. The molecule has 0 spiro atoms. The summed E-state index contributed by atoms with van der Waals surface area (Å²) in [6, 6.07) is 16.3. The van der Waals surface area contributed by atoms with Crippen molar-refractivity contribution in [3.05, 3.63) is 71.5 Å². The third-order valence-corrected chi connectivity index (χ3v) is 5.44. The van der Waals surface area contributed by atoms with Crippen molar-refractivity contribution in [2.45, 2.75) is 37.7 Å². The van der Waals surface area contributed by atoms with Crippen LogP contribution >= 0.6 is 11.8 Å². The van der Waals surface area contributed by atoms with Gasteiger partial charge in [0, 0.05) is 13.6 Å². The fraction of sp³-hybridized carbons (Fsp3) is 0.286. The summed E-state index contributed by atoms with van der Waals surface area (Å²) in [4.78, 5) is 14.5. The minimum Gasteiger partial charge on any atom is -0.340 e. The number of aromatic nitrogens is 3. The molecule has 0 saturated carbocycles. The quantitative estimate of drug-likeness (QED) is 0.606. The summed E-state index contributed by atoms with van der Waals surface area (Å²) in [5, 5.41) is 8.74. The lowest BCUT2D eigenvalue weighted by Crippen LogP contribution is -2.32. The number of hydrogen-bond acceptors (Lipinski definition) is 4. The fourth-order valence-electron chi connectivity index (χ4n) is 3.00. The van der Waals surface area contributed by atoms with Gasteiger partial charge in [0.15, 0.2) is 5.16 Å². The van der Waals surface area contributed by atoms with Crippen LogP contribution < -0.4 is 0 Å². The van der Waals surface area contributed by atoms with E-state index in [1.807, 2.05) is 48.9 Å². The number of rotatable bonds is 6. The monoisotopic (exact) mass is 380 g/mol. The lowest BCUT2D eigenvalue weighted by Gasteiger charge is -2.21. The van der Waals surface area contributed by atoms with Gasteiger partial charge >= 0.3 is 0 Å². The van der Waals surface area contributed by atoms with Gasteiger partial charge in [-0.2, -0.15) is 0 Å². The van der Waals surface area contributed by atoms with Gasteiger partial charge in [-0.15, -0.1) is 10.2 Å². The molecule has 0 aliphatic carbocycles. The molecule has 3 rings (SSSR count). The van der Waals surface area contributed by atoms with Crippen molar-refractivity contribution in [2.75, 3.05) is 7.05 Å². The van der Waals surface area contributed by atoms with Gasteiger partial charge in [0.1, 0.15) is 6.33 Å². The number of carbonyl (C=O) groups excluding carboxylic acids is 1. The van der Waals surface area contributed by atoms with E-state index in [1.54, 1.807) is 11.2 Å². The van der Waals surface area contributed by atoms with Gasteiger partial charge in [-0.25, -0.2) is 0 Å². The van der Waals surface area contributed by atoms with Gasteiger partial charge in [-0.1, -0.05) is 59.8 Å². The van der Waals surface area contributed by atoms with Gasteiger partial charge < -0.3 is 4.90 Å². The van der Waals surface area contributed by atoms with E-state index in [1.165, 1.54) is 17.3 Å². The number of nitrogens with zero attached hydrogens (tertiary/aromatic N) is 4. The first-order valence-electron chi connectivity index (χ1n) is 8.89. The molecule has 1 amide bonds. The normalized spacial score (nSPS) is 12.0. The maximum atomic E-state index is 12.8. The lowest BCUT2D eigenvalue weighted by molar-refractivity contribution is -0.129. The van der Waals surface area contributed by atoms with Crippen LogP contribution in [-0.2, 0) is 11.3 Å². The molecule has 0 saturated heterocycles. The average Bonchev–Trinajstić information content (AvgIpc) is 3.09. The molecule has 0 fully saturated rings. The summed E-state index contributed by atoms with van der Waals surface area (Å²) in [7, 11) is 1.83. The second kappa shape index (κ2) is 8.39. The predicted molar refractivity (Wildman–Crippen MR) is 109 cm³/mol. The Hall–Kier alpha value is -2.60. The van der Waals surface area contributed by atoms with E-state index in [2.05, 4.69) is 42.2 Å². The molecular formula is C21H24N4OS. The number of hydrogen-bond donors (Lipinski definition) is 0. The molecule has 1 heterocycles. The summed E-state index contributed by atoms with van der Waals surface area (Å²) in [5.74, 6) is 0.0685. The molecule has 0 aliphatic rings. The molecular weight excluding hydrogens is 356 g/mol. The van der Waals surface area contributed by atoms with Crippen LogP contribution in [0.25, 0.3) is 5.69 Å². The molecule has 2 aromatic carbocycles. The Morgan fingerprint density at radius 2 is 1.93 bits per heavy atom. The molecule has 1 unspecified atom stereocenters. The van der Waals surface area contributed by atoms with E-state index in [9.17, 15) is 4.79 Å². The number of benzene rings is 2. The first-order chi connectivity index (χ1) is 13.0. The van der Waals surface area contributed by atoms with Gasteiger partial charge in [0.2, 0.25) is 5.91 Å². The highest BCUT2D eigenvalue weighted by Gasteiger charge is 2.22. The van der Waals surface area contributed by atoms with Crippen LogP contribution in [0.4, 0.5) is 0 Å². The van der Waals surface area contributed by atoms with E-state index in [0.29, 0.717) is 6.54 Å². The third-order valence-electron chi connectivity index (χ3n) is 4.40. The SMILES string of the molecule is Cc1ccc(-n2cnnc2SC(C)C(=O)N(C)Cc2ccccc2)c(C)c1. The van der Waals surface area contributed by atoms with Crippen molar-refractivity contribution in [1.82, 2.24) is 19.7 Å². The molecule has 1 aromatic heterocycles. The number of amides is 1. The van der Waals surface area contributed by atoms with Gasteiger partial charge in [0.05, 0.1) is 10.9 Å². The van der Waals surface area contributed by atoms with Crippen LogP contribution in [0.5, 0.6) is 0 Å². The van der Waals surface area contributed by atoms with Crippen molar-refractivity contribution in [1.29, 1.82) is 0 Å². The van der Waals surface area contributed by atoms with Crippen molar-refractivity contribution in [3.63, 3.8) is 0 Å². The Labute approximate surface area is 164 Å². The number of aryl methyl sites for hydroxylation is 2. The Morgan fingerprint density at radius 1 is 1.19 bits per heavy atom. The van der Waals surface area contributed by atoms with E-state index >= 15 is 0 Å². The highest BCUT2D eigenvalue weighted by molar-refractivity contribution is 8.00. The second-order valence-corrected chi connectivity index (χ2v) is 8.02. The molecule has 0 bridgehead atoms. The number of thioether (sulfide) groups is 1. The maximum absolute atomic E-state index is 12.8. The van der Waals surface area contributed by atoms with Crippen molar-refractivity contribution >= 4 is 17.7 Å². The van der Waals surface area contributed by atoms with Crippen molar-refractivity contribution in [2.24, 2.45) is 0 Å². The van der Waals surface area contributed by atoms with Crippen LogP contribution in [0.15, 0.2) is 60.0 Å². The van der Waals surface area contributed by atoms with E-state index < -0.39 is 0 Å². The molecule has 1 atom stereocenters. The smallest absolute Gasteiger partial charge is 0.235 e. The predicted octanol–water partition coefficient (Wildman–Crippen LogP) is 4.02. The fourth-order valence-corrected chi connectivity index (χ4v) is 3.95. The lowest BCUT2D eigenvalue weighted by atomic mass is 10.1. The summed E-state index contributed by atoms with van der Waals surface area (Å²) in [5.41, 5.74) is 4.51. The maximum Gasteiger partial charge on any atom is 0.235 e. The largest absolute Gasteiger partial charge is 0.340 e. The summed E-state index contributed by atoms with van der Waals surface area (Å²) in [6.45, 7) is 6.64. The second-order valence-electron chi connectivity index (χ2n) is 6.71. The Balaban J connectivity index is 1.72. The first-order valence-corrected chi connectivity index (χ1v) is 9.77. The molecule has 5 nitrogen and oxygen atoms in total. The minimum atomic E-state index is -0.257. The van der Waals surface area contributed by atoms with E-state index in [-0.39, 0.29) is 11.2 Å². The number of carbonyl (C=O) groups is 1. The zero-order valence-corrected chi connectivity index (χ0v) is 16.9. The third kappa shape index (κ3) is 4.57. The average molecular weight is 381 g/mol. The minimum absolute atomic E-state index is 0.0685. The van der Waals surface area contributed by atoms with E-state index in [0.717, 1.165) is 22.0 Å². The standard InChI is InChI=1S/C21H24N4OS/c1-15-10-11-19(16(2)12-15)25-14-22-23-21(25)27-17(3)20(26)24(4)13-18-8-6-5-7-9-18/h5-12,14,17H,13H2,1-4H3. The molecule has 3 aromatic rings. The highest BCUT2D eigenvalue weighted by atomic mass is 32.2. The highest BCUT2D eigenvalue weighted by Crippen LogP contribution is 2.26. The van der Waals surface area contributed by atoms with E-state index in [4.69, 9.17) is 0 Å². The first kappa shape index (κ1) is 19.2. The zero-order chi connectivity index (χ0) is 19.4. The van der Waals surface area contributed by atoms with Crippen LogP contribution in [0.1, 0.15) is 23.6 Å². The summed E-state index contributed by atoms with van der Waals surface area (Å²) in [6.07, 6.45) is 1.70. The summed E-state index contributed by atoms with van der Waals surface area (Å²) >= 11 is 1.43. The Kier molecular flexibility index (Phi) is 5.96.